The second-order valence-electron chi connectivity index (χ2n) is 3.92. The fraction of sp³-hybridized carbons (Fsp3) is 0.231. The lowest BCUT2D eigenvalue weighted by molar-refractivity contribution is 0.197. The molecule has 0 aliphatic heterocycles. The van der Waals surface area contributed by atoms with Gasteiger partial charge < -0.3 is 5.11 Å². The molecule has 0 bridgehead atoms. The molecule has 3 nitrogen and oxygen atoms in total. The minimum absolute atomic E-state index is 0.316. The van der Waals surface area contributed by atoms with Crippen LogP contribution >= 0.6 is 0 Å². The lowest BCUT2D eigenvalue weighted by Gasteiger charge is -2.09. The summed E-state index contributed by atoms with van der Waals surface area (Å²) in [5.41, 5.74) is 2.02. The standard InChI is InChI=1S/C13H13FN2O/c1-8-12(9(2)17)7-15-13(16-8)10-4-3-5-11(14)6-10/h3-7,9,17H,1-2H3. The van der Waals surface area contributed by atoms with Crippen LogP contribution in [0.1, 0.15) is 24.3 Å². The first kappa shape index (κ1) is 11.7. The van der Waals surface area contributed by atoms with Crippen molar-refractivity contribution in [2.45, 2.75) is 20.0 Å². The smallest absolute Gasteiger partial charge is 0.159 e. The van der Waals surface area contributed by atoms with Crippen molar-refractivity contribution in [2.75, 3.05) is 0 Å². The Morgan fingerprint density at radius 1 is 1.35 bits per heavy atom. The van der Waals surface area contributed by atoms with Crippen LogP contribution in [0.2, 0.25) is 0 Å². The molecule has 1 heterocycles. The van der Waals surface area contributed by atoms with Crippen LogP contribution in [0.4, 0.5) is 4.39 Å². The van der Waals surface area contributed by atoms with Gasteiger partial charge in [-0.05, 0) is 26.0 Å². The average molecular weight is 232 g/mol. The molecule has 0 aliphatic carbocycles. The second kappa shape index (κ2) is 4.59. The molecule has 0 radical (unpaired) electrons. The summed E-state index contributed by atoms with van der Waals surface area (Å²) in [6.45, 7) is 3.46. The van der Waals surface area contributed by atoms with E-state index in [1.165, 1.54) is 12.1 Å². The summed E-state index contributed by atoms with van der Waals surface area (Å²) >= 11 is 0. The topological polar surface area (TPSA) is 46.0 Å². The number of nitrogens with zero attached hydrogens (tertiary/aromatic N) is 2. The van der Waals surface area contributed by atoms with E-state index in [0.29, 0.717) is 22.6 Å². The molecule has 4 heteroatoms. The monoisotopic (exact) mass is 232 g/mol. The molecule has 1 atom stereocenters. The van der Waals surface area contributed by atoms with Gasteiger partial charge in [-0.1, -0.05) is 12.1 Å². The minimum Gasteiger partial charge on any atom is -0.389 e. The summed E-state index contributed by atoms with van der Waals surface area (Å²) in [6, 6.07) is 6.13. The lowest BCUT2D eigenvalue weighted by atomic mass is 10.1. The number of hydrogen-bond donors (Lipinski definition) is 1. The van der Waals surface area contributed by atoms with E-state index in [2.05, 4.69) is 9.97 Å². The lowest BCUT2D eigenvalue weighted by Crippen LogP contribution is -2.01. The van der Waals surface area contributed by atoms with E-state index in [-0.39, 0.29) is 5.82 Å². The zero-order valence-corrected chi connectivity index (χ0v) is 9.68. The van der Waals surface area contributed by atoms with Crippen molar-refractivity contribution in [3.8, 4) is 11.4 Å². The third kappa shape index (κ3) is 2.47. The molecule has 2 aromatic rings. The molecule has 1 aromatic carbocycles. The summed E-state index contributed by atoms with van der Waals surface area (Å²) in [6.07, 6.45) is 0.976. The molecule has 0 fully saturated rings. The average Bonchev–Trinajstić information content (AvgIpc) is 2.28. The Hall–Kier alpha value is -1.81. The number of rotatable bonds is 2. The van der Waals surface area contributed by atoms with E-state index in [1.54, 1.807) is 32.2 Å². The molecule has 88 valence electrons. The molecule has 1 unspecified atom stereocenters. The highest BCUT2D eigenvalue weighted by Gasteiger charge is 2.09. The van der Waals surface area contributed by atoms with Gasteiger partial charge in [-0.3, -0.25) is 0 Å². The van der Waals surface area contributed by atoms with Crippen molar-refractivity contribution in [1.29, 1.82) is 0 Å². The molecule has 17 heavy (non-hydrogen) atoms. The van der Waals surface area contributed by atoms with Crippen LogP contribution in [0.25, 0.3) is 11.4 Å². The fourth-order valence-corrected chi connectivity index (χ4v) is 1.65. The number of aromatic nitrogens is 2. The molecule has 1 aromatic heterocycles. The Kier molecular flexibility index (Phi) is 3.15. The first-order chi connectivity index (χ1) is 8.08. The Labute approximate surface area is 99.0 Å². The van der Waals surface area contributed by atoms with Crippen LogP contribution < -0.4 is 0 Å². The third-order valence-corrected chi connectivity index (χ3v) is 2.55. The fourth-order valence-electron chi connectivity index (χ4n) is 1.65. The van der Waals surface area contributed by atoms with E-state index in [0.717, 1.165) is 0 Å². The molecule has 0 spiro atoms. The zero-order valence-electron chi connectivity index (χ0n) is 9.68. The van der Waals surface area contributed by atoms with E-state index in [4.69, 9.17) is 0 Å². The van der Waals surface area contributed by atoms with Crippen molar-refractivity contribution in [3.05, 3.63) is 47.5 Å². The number of aliphatic hydroxyl groups is 1. The van der Waals surface area contributed by atoms with Gasteiger partial charge in [-0.25, -0.2) is 14.4 Å². The van der Waals surface area contributed by atoms with E-state index >= 15 is 0 Å². The van der Waals surface area contributed by atoms with Crippen LogP contribution in [-0.2, 0) is 0 Å². The zero-order chi connectivity index (χ0) is 12.4. The van der Waals surface area contributed by atoms with Crippen molar-refractivity contribution in [3.63, 3.8) is 0 Å². The molecule has 0 saturated carbocycles. The van der Waals surface area contributed by atoms with Gasteiger partial charge in [0.1, 0.15) is 5.82 Å². The number of benzene rings is 1. The van der Waals surface area contributed by atoms with Crippen molar-refractivity contribution in [1.82, 2.24) is 9.97 Å². The highest BCUT2D eigenvalue weighted by atomic mass is 19.1. The SMILES string of the molecule is Cc1nc(-c2cccc(F)c2)ncc1C(C)O. The van der Waals surface area contributed by atoms with Crippen molar-refractivity contribution >= 4 is 0 Å². The Bertz CT molecular complexity index is 541. The predicted molar refractivity (Wildman–Crippen MR) is 62.8 cm³/mol. The Morgan fingerprint density at radius 3 is 2.71 bits per heavy atom. The van der Waals surface area contributed by atoms with Crippen molar-refractivity contribution in [2.24, 2.45) is 0 Å². The number of aliphatic hydroxyl groups excluding tert-OH is 1. The highest BCUT2D eigenvalue weighted by Crippen LogP contribution is 2.20. The molecule has 2 rings (SSSR count). The first-order valence-electron chi connectivity index (χ1n) is 5.35. The van der Waals surface area contributed by atoms with Crippen LogP contribution in [0, 0.1) is 12.7 Å². The summed E-state index contributed by atoms with van der Waals surface area (Å²) in [5, 5.41) is 9.47. The van der Waals surface area contributed by atoms with Crippen molar-refractivity contribution < 1.29 is 9.50 Å². The van der Waals surface area contributed by atoms with Gasteiger partial charge in [-0.2, -0.15) is 0 Å². The normalized spacial score (nSPS) is 12.5. The maximum absolute atomic E-state index is 13.1. The summed E-state index contributed by atoms with van der Waals surface area (Å²) < 4.78 is 13.1. The molecular formula is C13H13FN2O. The van der Waals surface area contributed by atoms with Gasteiger partial charge in [0.15, 0.2) is 5.82 Å². The van der Waals surface area contributed by atoms with E-state index in [9.17, 15) is 9.50 Å². The highest BCUT2D eigenvalue weighted by molar-refractivity contribution is 5.55. The number of halogens is 1. The van der Waals surface area contributed by atoms with Gasteiger partial charge in [0.05, 0.1) is 6.10 Å². The predicted octanol–water partition coefficient (Wildman–Crippen LogP) is 2.64. The second-order valence-corrected chi connectivity index (χ2v) is 3.92. The van der Waals surface area contributed by atoms with Crippen LogP contribution in [0.3, 0.4) is 0 Å². The number of hydrogen-bond acceptors (Lipinski definition) is 3. The summed E-state index contributed by atoms with van der Waals surface area (Å²) in [5.74, 6) is 0.148. The Balaban J connectivity index is 2.44. The van der Waals surface area contributed by atoms with Crippen LogP contribution in [0.15, 0.2) is 30.5 Å². The van der Waals surface area contributed by atoms with Crippen LogP contribution in [-0.4, -0.2) is 15.1 Å². The maximum Gasteiger partial charge on any atom is 0.159 e. The van der Waals surface area contributed by atoms with Gasteiger partial charge in [0.25, 0.3) is 0 Å². The van der Waals surface area contributed by atoms with Gasteiger partial charge in [-0.15, -0.1) is 0 Å². The molecule has 0 aliphatic rings. The Morgan fingerprint density at radius 2 is 2.12 bits per heavy atom. The molecule has 0 saturated heterocycles. The van der Waals surface area contributed by atoms with Gasteiger partial charge in [0, 0.05) is 23.0 Å². The van der Waals surface area contributed by atoms with Crippen LogP contribution in [0.5, 0.6) is 0 Å². The molecule has 1 N–H and O–H groups in total. The number of aryl methyl sites for hydroxylation is 1. The largest absolute Gasteiger partial charge is 0.389 e. The quantitative estimate of drug-likeness (QED) is 0.865. The third-order valence-electron chi connectivity index (χ3n) is 2.55. The van der Waals surface area contributed by atoms with E-state index in [1.807, 2.05) is 0 Å². The minimum atomic E-state index is -0.600. The molecule has 0 amide bonds. The molecular weight excluding hydrogens is 219 g/mol. The van der Waals surface area contributed by atoms with Gasteiger partial charge in [0.2, 0.25) is 0 Å². The summed E-state index contributed by atoms with van der Waals surface area (Å²) in [4.78, 5) is 8.40. The first-order valence-corrected chi connectivity index (χ1v) is 5.35. The maximum atomic E-state index is 13.1. The summed E-state index contributed by atoms with van der Waals surface area (Å²) in [7, 11) is 0. The van der Waals surface area contributed by atoms with Gasteiger partial charge >= 0.3 is 0 Å². The van der Waals surface area contributed by atoms with E-state index < -0.39 is 6.10 Å².